The van der Waals surface area contributed by atoms with Crippen molar-refractivity contribution in [3.05, 3.63) is 24.3 Å². The van der Waals surface area contributed by atoms with Gasteiger partial charge in [-0.3, -0.25) is 4.79 Å². The number of aliphatic hydroxyl groups is 1. The van der Waals surface area contributed by atoms with Crippen molar-refractivity contribution in [2.75, 3.05) is 31.2 Å². The van der Waals surface area contributed by atoms with Gasteiger partial charge in [-0.05, 0) is 45.1 Å². The van der Waals surface area contributed by atoms with Crippen LogP contribution in [0.3, 0.4) is 0 Å². The quantitative estimate of drug-likeness (QED) is 0.649. The lowest BCUT2D eigenvalue weighted by Gasteiger charge is -2.17. The highest BCUT2D eigenvalue weighted by atomic mass is 16.3. The summed E-state index contributed by atoms with van der Waals surface area (Å²) >= 11 is 0. The maximum Gasteiger partial charge on any atom is 0.224 e. The van der Waals surface area contributed by atoms with E-state index < -0.39 is 0 Å². The number of carbonyl (C=O) groups excluding carboxylic acids is 1. The molecule has 0 saturated heterocycles. The second-order valence-electron chi connectivity index (χ2n) is 4.89. The van der Waals surface area contributed by atoms with Crippen molar-refractivity contribution in [1.29, 1.82) is 0 Å². The van der Waals surface area contributed by atoms with Gasteiger partial charge in [0.1, 0.15) is 0 Å². The van der Waals surface area contributed by atoms with Gasteiger partial charge in [0.25, 0.3) is 0 Å². The van der Waals surface area contributed by atoms with Gasteiger partial charge in [0, 0.05) is 24.3 Å². The van der Waals surface area contributed by atoms with Crippen LogP contribution in [0.25, 0.3) is 0 Å². The summed E-state index contributed by atoms with van der Waals surface area (Å²) in [5.74, 6) is -0.0175. The molecule has 19 heavy (non-hydrogen) atoms. The molecular formula is C14H23N3O2. The molecule has 0 aliphatic heterocycles. The van der Waals surface area contributed by atoms with Gasteiger partial charge in [0.2, 0.25) is 5.91 Å². The fourth-order valence-corrected chi connectivity index (χ4v) is 1.89. The molecule has 0 spiro atoms. The largest absolute Gasteiger partial charge is 0.399 e. The summed E-state index contributed by atoms with van der Waals surface area (Å²) in [6.45, 7) is 3.16. The monoisotopic (exact) mass is 265 g/mol. The molecule has 5 heteroatoms. The molecule has 5 nitrogen and oxygen atoms in total. The van der Waals surface area contributed by atoms with E-state index in [9.17, 15) is 9.90 Å². The number of aliphatic hydroxyl groups excluding tert-OH is 1. The highest BCUT2D eigenvalue weighted by Crippen LogP contribution is 2.12. The maximum absolute atomic E-state index is 11.7. The lowest BCUT2D eigenvalue weighted by atomic mass is 10.2. The minimum absolute atomic E-state index is 0.0175. The molecule has 0 saturated carbocycles. The van der Waals surface area contributed by atoms with Crippen molar-refractivity contribution in [3.8, 4) is 0 Å². The van der Waals surface area contributed by atoms with E-state index in [2.05, 4.69) is 5.32 Å². The predicted octanol–water partition coefficient (Wildman–Crippen LogP) is 1.30. The Labute approximate surface area is 114 Å². The van der Waals surface area contributed by atoms with Gasteiger partial charge in [-0.1, -0.05) is 6.07 Å². The minimum Gasteiger partial charge on any atom is -0.399 e. The molecule has 1 rings (SSSR count). The van der Waals surface area contributed by atoms with Crippen LogP contribution in [0.5, 0.6) is 0 Å². The van der Waals surface area contributed by atoms with Crippen LogP contribution in [-0.2, 0) is 4.79 Å². The fourth-order valence-electron chi connectivity index (χ4n) is 1.89. The van der Waals surface area contributed by atoms with Gasteiger partial charge >= 0.3 is 0 Å². The van der Waals surface area contributed by atoms with E-state index in [1.54, 1.807) is 25.1 Å². The SMILES string of the molecule is CC(O)CN(C)CCCC(=O)Nc1cccc(N)c1. The Morgan fingerprint density at radius 1 is 1.53 bits per heavy atom. The van der Waals surface area contributed by atoms with Gasteiger partial charge in [0.05, 0.1) is 6.10 Å². The average Bonchev–Trinajstić information content (AvgIpc) is 2.27. The van der Waals surface area contributed by atoms with Crippen LogP contribution < -0.4 is 11.1 Å². The van der Waals surface area contributed by atoms with E-state index in [1.807, 2.05) is 18.0 Å². The van der Waals surface area contributed by atoms with Crippen molar-refractivity contribution < 1.29 is 9.90 Å². The number of nitrogens with one attached hydrogen (secondary N) is 1. The molecule has 106 valence electrons. The smallest absolute Gasteiger partial charge is 0.224 e. The van der Waals surface area contributed by atoms with Crippen LogP contribution >= 0.6 is 0 Å². The summed E-state index contributed by atoms with van der Waals surface area (Å²) in [5.41, 5.74) is 7.00. The van der Waals surface area contributed by atoms with Gasteiger partial charge in [-0.15, -0.1) is 0 Å². The van der Waals surface area contributed by atoms with Crippen molar-refractivity contribution in [1.82, 2.24) is 4.90 Å². The van der Waals surface area contributed by atoms with Crippen LogP contribution in [0.1, 0.15) is 19.8 Å². The molecule has 0 aliphatic carbocycles. The van der Waals surface area contributed by atoms with Crippen molar-refractivity contribution in [2.24, 2.45) is 0 Å². The van der Waals surface area contributed by atoms with Crippen molar-refractivity contribution in [3.63, 3.8) is 0 Å². The molecule has 1 unspecified atom stereocenters. The third-order valence-electron chi connectivity index (χ3n) is 2.69. The topological polar surface area (TPSA) is 78.6 Å². The van der Waals surface area contributed by atoms with E-state index in [-0.39, 0.29) is 12.0 Å². The molecule has 0 fully saturated rings. The number of benzene rings is 1. The minimum atomic E-state index is -0.342. The highest BCUT2D eigenvalue weighted by Gasteiger charge is 2.06. The Hall–Kier alpha value is -1.59. The Balaban J connectivity index is 2.25. The predicted molar refractivity (Wildman–Crippen MR) is 77.9 cm³/mol. The summed E-state index contributed by atoms with van der Waals surface area (Å²) in [7, 11) is 1.93. The number of rotatable bonds is 7. The molecular weight excluding hydrogens is 242 g/mol. The number of likely N-dealkylation sites (N-methyl/N-ethyl adjacent to an activating group) is 1. The van der Waals surface area contributed by atoms with E-state index in [0.29, 0.717) is 18.7 Å². The van der Waals surface area contributed by atoms with E-state index >= 15 is 0 Å². The normalized spacial score (nSPS) is 12.4. The number of hydrogen-bond acceptors (Lipinski definition) is 4. The first-order valence-electron chi connectivity index (χ1n) is 6.49. The third-order valence-corrected chi connectivity index (χ3v) is 2.69. The van der Waals surface area contributed by atoms with E-state index in [4.69, 9.17) is 5.73 Å². The molecule has 1 atom stereocenters. The summed E-state index contributed by atoms with van der Waals surface area (Å²) in [4.78, 5) is 13.7. The molecule has 0 heterocycles. The number of carbonyl (C=O) groups is 1. The molecule has 1 aromatic carbocycles. The van der Waals surface area contributed by atoms with Gasteiger partial charge in [-0.2, -0.15) is 0 Å². The van der Waals surface area contributed by atoms with Crippen LogP contribution in [0.15, 0.2) is 24.3 Å². The van der Waals surface area contributed by atoms with Crippen LogP contribution in [-0.4, -0.2) is 42.2 Å². The third kappa shape index (κ3) is 6.79. The summed E-state index contributed by atoms with van der Waals surface area (Å²) < 4.78 is 0. The van der Waals surface area contributed by atoms with Gasteiger partial charge in [-0.25, -0.2) is 0 Å². The first-order chi connectivity index (χ1) is 8.97. The number of nitrogen functional groups attached to an aromatic ring is 1. The Morgan fingerprint density at radius 2 is 2.26 bits per heavy atom. The zero-order valence-electron chi connectivity index (χ0n) is 11.6. The second kappa shape index (κ2) is 7.76. The first kappa shape index (κ1) is 15.5. The lowest BCUT2D eigenvalue weighted by Crippen LogP contribution is -2.28. The number of hydrogen-bond donors (Lipinski definition) is 3. The summed E-state index contributed by atoms with van der Waals surface area (Å²) in [5, 5.41) is 12.0. The molecule has 4 N–H and O–H groups in total. The van der Waals surface area contributed by atoms with E-state index in [0.717, 1.165) is 18.7 Å². The number of amides is 1. The first-order valence-corrected chi connectivity index (χ1v) is 6.49. The summed E-state index contributed by atoms with van der Waals surface area (Å²) in [6.07, 6.45) is 0.877. The standard InChI is InChI=1S/C14H23N3O2/c1-11(18)10-17(2)8-4-7-14(19)16-13-6-3-5-12(15)9-13/h3,5-6,9,11,18H,4,7-8,10,15H2,1-2H3,(H,16,19). The molecule has 0 aliphatic rings. The Morgan fingerprint density at radius 3 is 2.89 bits per heavy atom. The summed E-state index contributed by atoms with van der Waals surface area (Å²) in [6, 6.07) is 7.13. The van der Waals surface area contributed by atoms with Crippen molar-refractivity contribution in [2.45, 2.75) is 25.9 Å². The highest BCUT2D eigenvalue weighted by molar-refractivity contribution is 5.91. The number of anilines is 2. The van der Waals surface area contributed by atoms with Crippen LogP contribution in [0.4, 0.5) is 11.4 Å². The van der Waals surface area contributed by atoms with Gasteiger partial charge < -0.3 is 21.1 Å². The van der Waals surface area contributed by atoms with Crippen LogP contribution in [0.2, 0.25) is 0 Å². The Kier molecular flexibility index (Phi) is 6.32. The lowest BCUT2D eigenvalue weighted by molar-refractivity contribution is -0.116. The van der Waals surface area contributed by atoms with Crippen molar-refractivity contribution >= 4 is 17.3 Å². The zero-order chi connectivity index (χ0) is 14.3. The number of nitrogens with zero attached hydrogens (tertiary/aromatic N) is 1. The molecule has 0 radical (unpaired) electrons. The van der Waals surface area contributed by atoms with E-state index in [1.165, 1.54) is 0 Å². The molecule has 1 amide bonds. The average molecular weight is 265 g/mol. The van der Waals surface area contributed by atoms with Gasteiger partial charge in [0.15, 0.2) is 0 Å². The number of nitrogens with two attached hydrogens (primary N) is 1. The fraction of sp³-hybridized carbons (Fsp3) is 0.500. The molecule has 0 bridgehead atoms. The molecule has 0 aromatic heterocycles. The van der Waals surface area contributed by atoms with Crippen LogP contribution in [0, 0.1) is 0 Å². The Bertz CT molecular complexity index is 407. The molecule has 1 aromatic rings. The maximum atomic E-state index is 11.7. The second-order valence-corrected chi connectivity index (χ2v) is 4.89. The zero-order valence-corrected chi connectivity index (χ0v) is 11.6.